The van der Waals surface area contributed by atoms with Crippen molar-refractivity contribution in [3.63, 3.8) is 0 Å². The number of rotatable bonds is 4. The third kappa shape index (κ3) is 3.56. The number of sulfonamides is 1. The van der Waals surface area contributed by atoms with Crippen molar-refractivity contribution < 1.29 is 13.2 Å². The van der Waals surface area contributed by atoms with Crippen molar-refractivity contribution >= 4 is 27.5 Å². The first-order chi connectivity index (χ1) is 8.97. The topological polar surface area (TPSA) is 115 Å². The number of carbonyl (C=O) groups excluding carboxylic acids is 1. The van der Waals surface area contributed by atoms with Crippen LogP contribution in [0.3, 0.4) is 0 Å². The van der Waals surface area contributed by atoms with Gasteiger partial charge in [-0.1, -0.05) is 16.6 Å². The zero-order valence-electron chi connectivity index (χ0n) is 9.61. The minimum absolute atomic E-state index is 0.0363. The smallest absolute Gasteiger partial charge is 0.264 e. The van der Waals surface area contributed by atoms with Gasteiger partial charge in [0.25, 0.3) is 5.91 Å². The van der Waals surface area contributed by atoms with E-state index >= 15 is 0 Å². The van der Waals surface area contributed by atoms with E-state index in [1.807, 2.05) is 0 Å². The Morgan fingerprint density at radius 2 is 2.00 bits per heavy atom. The molecule has 1 amide bonds. The van der Waals surface area contributed by atoms with Crippen LogP contribution in [0.1, 0.15) is 15.2 Å². The number of nitrogens with two attached hydrogens (primary N) is 1. The van der Waals surface area contributed by atoms with Crippen LogP contribution in [0.5, 0.6) is 0 Å². The molecule has 9 heteroatoms. The maximum Gasteiger partial charge on any atom is 0.264 e. The number of hydrogen-bond donors (Lipinski definition) is 2. The first kappa shape index (κ1) is 13.6. The summed E-state index contributed by atoms with van der Waals surface area (Å²) in [5.74, 6) is -0.273. The Hall–Kier alpha value is -1.84. The Labute approximate surface area is 113 Å². The van der Waals surface area contributed by atoms with Crippen molar-refractivity contribution in [3.05, 3.63) is 40.9 Å². The number of nitrogens with one attached hydrogen (secondary N) is 1. The van der Waals surface area contributed by atoms with E-state index in [0.29, 0.717) is 4.88 Å². The lowest BCUT2D eigenvalue weighted by atomic mass is 10.2. The summed E-state index contributed by atoms with van der Waals surface area (Å²) in [6.07, 6.45) is 1.38. The van der Waals surface area contributed by atoms with Gasteiger partial charge in [0.1, 0.15) is 4.88 Å². The van der Waals surface area contributed by atoms with Crippen LogP contribution in [0.4, 0.5) is 0 Å². The van der Waals surface area contributed by atoms with Crippen LogP contribution in [-0.4, -0.2) is 23.9 Å². The zero-order chi connectivity index (χ0) is 13.9. The number of carbonyl (C=O) groups is 1. The summed E-state index contributed by atoms with van der Waals surface area (Å²) < 4.78 is 25.7. The molecule has 19 heavy (non-hydrogen) atoms. The van der Waals surface area contributed by atoms with Crippen LogP contribution in [0, 0.1) is 0 Å². The van der Waals surface area contributed by atoms with Crippen LogP contribution in [0.15, 0.2) is 35.4 Å². The molecule has 0 aliphatic rings. The third-order valence-electron chi connectivity index (χ3n) is 2.29. The van der Waals surface area contributed by atoms with Crippen LogP contribution in [0.2, 0.25) is 0 Å². The van der Waals surface area contributed by atoms with Crippen LogP contribution < -0.4 is 10.5 Å². The summed E-state index contributed by atoms with van der Waals surface area (Å²) in [6, 6.07) is 5.96. The molecule has 0 saturated heterocycles. The van der Waals surface area contributed by atoms with E-state index in [4.69, 9.17) is 5.14 Å². The predicted octanol–water partition coefficient (Wildman–Crippen LogP) is 0.115. The second-order valence-electron chi connectivity index (χ2n) is 3.65. The first-order valence-corrected chi connectivity index (χ1v) is 7.46. The summed E-state index contributed by atoms with van der Waals surface area (Å²) in [5.41, 5.74) is 0.762. The summed E-state index contributed by atoms with van der Waals surface area (Å²) >= 11 is 1.00. The number of primary sulfonamides is 1. The average molecular weight is 298 g/mol. The highest BCUT2D eigenvalue weighted by Gasteiger charge is 2.09. The Balaban J connectivity index is 1.99. The van der Waals surface area contributed by atoms with Gasteiger partial charge < -0.3 is 5.32 Å². The number of aromatic nitrogens is 2. The fourth-order valence-electron chi connectivity index (χ4n) is 1.33. The predicted molar refractivity (Wildman–Crippen MR) is 68.9 cm³/mol. The Kier molecular flexibility index (Phi) is 3.88. The normalized spacial score (nSPS) is 11.2. The van der Waals surface area contributed by atoms with Gasteiger partial charge >= 0.3 is 0 Å². The summed E-state index contributed by atoms with van der Waals surface area (Å²) in [6.45, 7) is 0.279. The maximum absolute atomic E-state index is 11.6. The van der Waals surface area contributed by atoms with Gasteiger partial charge in [-0.25, -0.2) is 13.6 Å². The highest BCUT2D eigenvalue weighted by atomic mass is 32.2. The van der Waals surface area contributed by atoms with Gasteiger partial charge in [-0.15, -0.1) is 5.10 Å². The fraction of sp³-hybridized carbons (Fsp3) is 0.100. The Morgan fingerprint density at radius 1 is 1.32 bits per heavy atom. The third-order valence-corrected chi connectivity index (χ3v) is 3.88. The molecule has 0 fully saturated rings. The molecule has 100 valence electrons. The summed E-state index contributed by atoms with van der Waals surface area (Å²) in [7, 11) is -3.69. The Bertz CT molecular complexity index is 665. The molecule has 1 aromatic carbocycles. The molecule has 1 aromatic heterocycles. The number of nitrogens with zero attached hydrogens (tertiary/aromatic N) is 2. The van der Waals surface area contributed by atoms with Gasteiger partial charge in [0.05, 0.1) is 11.1 Å². The molecule has 3 N–H and O–H groups in total. The van der Waals surface area contributed by atoms with Crippen molar-refractivity contribution in [2.24, 2.45) is 5.14 Å². The molecule has 0 unspecified atom stereocenters. The van der Waals surface area contributed by atoms with Gasteiger partial charge in [0, 0.05) is 6.54 Å². The van der Waals surface area contributed by atoms with Gasteiger partial charge in [-0.3, -0.25) is 4.79 Å². The molecule has 0 spiro atoms. The standard InChI is InChI=1S/C10H10N4O3S2/c11-19(16,17)8-3-1-7(2-4-8)5-12-10(15)9-6-13-14-18-9/h1-4,6H,5H2,(H,12,15)(H2,11,16,17). The monoisotopic (exact) mass is 298 g/mol. The lowest BCUT2D eigenvalue weighted by Crippen LogP contribution is -2.21. The SMILES string of the molecule is NS(=O)(=O)c1ccc(CNC(=O)c2cnns2)cc1. The first-order valence-electron chi connectivity index (χ1n) is 5.14. The molecule has 1 heterocycles. The van der Waals surface area contributed by atoms with E-state index in [-0.39, 0.29) is 17.3 Å². The zero-order valence-corrected chi connectivity index (χ0v) is 11.2. The minimum atomic E-state index is -3.69. The van der Waals surface area contributed by atoms with Crippen molar-refractivity contribution in [2.45, 2.75) is 11.4 Å². The lowest BCUT2D eigenvalue weighted by Gasteiger charge is -2.04. The van der Waals surface area contributed by atoms with Crippen molar-refractivity contribution in [1.29, 1.82) is 0 Å². The number of benzene rings is 1. The Morgan fingerprint density at radius 3 is 2.53 bits per heavy atom. The van der Waals surface area contributed by atoms with Gasteiger partial charge in [-0.2, -0.15) is 0 Å². The van der Waals surface area contributed by atoms with E-state index in [1.165, 1.54) is 18.3 Å². The van der Waals surface area contributed by atoms with Crippen LogP contribution in [0.25, 0.3) is 0 Å². The van der Waals surface area contributed by atoms with Crippen molar-refractivity contribution in [3.8, 4) is 0 Å². The molecule has 0 aliphatic heterocycles. The average Bonchev–Trinajstić information content (AvgIpc) is 2.89. The second kappa shape index (κ2) is 5.43. The second-order valence-corrected chi connectivity index (χ2v) is 6.00. The van der Waals surface area contributed by atoms with E-state index in [2.05, 4.69) is 14.9 Å². The van der Waals surface area contributed by atoms with E-state index in [0.717, 1.165) is 17.1 Å². The van der Waals surface area contributed by atoms with Crippen molar-refractivity contribution in [1.82, 2.24) is 14.9 Å². The molecule has 0 saturated carbocycles. The summed E-state index contributed by atoms with van der Waals surface area (Å²) in [5, 5.41) is 11.2. The largest absolute Gasteiger partial charge is 0.347 e. The van der Waals surface area contributed by atoms with E-state index in [1.54, 1.807) is 12.1 Å². The summed E-state index contributed by atoms with van der Waals surface area (Å²) in [4.78, 5) is 12.1. The lowest BCUT2D eigenvalue weighted by molar-refractivity contribution is 0.0954. The van der Waals surface area contributed by atoms with E-state index < -0.39 is 10.0 Å². The maximum atomic E-state index is 11.6. The molecule has 0 bridgehead atoms. The molecular weight excluding hydrogens is 288 g/mol. The highest BCUT2D eigenvalue weighted by molar-refractivity contribution is 7.89. The van der Waals surface area contributed by atoms with Crippen molar-refractivity contribution in [2.75, 3.05) is 0 Å². The highest BCUT2D eigenvalue weighted by Crippen LogP contribution is 2.09. The minimum Gasteiger partial charge on any atom is -0.347 e. The molecule has 0 atom stereocenters. The van der Waals surface area contributed by atoms with Gasteiger partial charge in [0.2, 0.25) is 10.0 Å². The molecular formula is C10H10N4O3S2. The van der Waals surface area contributed by atoms with E-state index in [9.17, 15) is 13.2 Å². The number of amides is 1. The fourth-order valence-corrected chi connectivity index (χ4v) is 2.28. The molecule has 7 nitrogen and oxygen atoms in total. The van der Waals surface area contributed by atoms with Gasteiger partial charge in [0.15, 0.2) is 0 Å². The quantitative estimate of drug-likeness (QED) is 0.831. The molecule has 0 aliphatic carbocycles. The van der Waals surface area contributed by atoms with Gasteiger partial charge in [-0.05, 0) is 29.2 Å². The number of hydrogen-bond acceptors (Lipinski definition) is 6. The molecule has 0 radical (unpaired) electrons. The van der Waals surface area contributed by atoms with Crippen LogP contribution in [-0.2, 0) is 16.6 Å². The molecule has 2 rings (SSSR count). The van der Waals surface area contributed by atoms with Crippen LogP contribution >= 0.6 is 11.5 Å². The molecule has 2 aromatic rings.